The standard InChI is InChI=1S/C11H12ClN3O3S/c1-18-10-4-2-3-9(12)8(10)7-14-19(16,17)11-5-6-13-15-11/h2-6,14H,7H2,1H3,(H,13,15). The van der Waals surface area contributed by atoms with Crippen molar-refractivity contribution in [2.24, 2.45) is 0 Å². The highest BCUT2D eigenvalue weighted by Crippen LogP contribution is 2.26. The van der Waals surface area contributed by atoms with Crippen LogP contribution in [0.2, 0.25) is 5.02 Å². The fraction of sp³-hybridized carbons (Fsp3) is 0.182. The van der Waals surface area contributed by atoms with Gasteiger partial charge in [-0.25, -0.2) is 13.1 Å². The van der Waals surface area contributed by atoms with E-state index >= 15 is 0 Å². The number of methoxy groups -OCH3 is 1. The molecule has 0 amide bonds. The molecule has 0 unspecified atom stereocenters. The van der Waals surface area contributed by atoms with Crippen LogP contribution in [0.1, 0.15) is 5.56 Å². The fourth-order valence-corrected chi connectivity index (χ4v) is 2.67. The summed E-state index contributed by atoms with van der Waals surface area (Å²) in [5.74, 6) is 0.528. The lowest BCUT2D eigenvalue weighted by Crippen LogP contribution is -2.24. The summed E-state index contributed by atoms with van der Waals surface area (Å²) < 4.78 is 31.4. The number of aromatic nitrogens is 2. The van der Waals surface area contributed by atoms with Gasteiger partial charge >= 0.3 is 0 Å². The summed E-state index contributed by atoms with van der Waals surface area (Å²) >= 11 is 6.03. The Morgan fingerprint density at radius 1 is 1.42 bits per heavy atom. The third-order valence-corrected chi connectivity index (χ3v) is 4.18. The Bertz CT molecular complexity index is 656. The van der Waals surface area contributed by atoms with E-state index in [1.807, 2.05) is 0 Å². The molecule has 2 rings (SSSR count). The maximum Gasteiger partial charge on any atom is 0.257 e. The molecular weight excluding hydrogens is 290 g/mol. The normalized spacial score (nSPS) is 11.5. The lowest BCUT2D eigenvalue weighted by Gasteiger charge is -2.11. The minimum atomic E-state index is -3.64. The van der Waals surface area contributed by atoms with Crippen LogP contribution >= 0.6 is 11.6 Å². The number of ether oxygens (including phenoxy) is 1. The first-order chi connectivity index (χ1) is 9.04. The molecule has 0 aliphatic rings. The van der Waals surface area contributed by atoms with Crippen molar-refractivity contribution >= 4 is 21.6 Å². The molecule has 0 aliphatic heterocycles. The molecule has 102 valence electrons. The van der Waals surface area contributed by atoms with Gasteiger partial charge in [-0.15, -0.1) is 0 Å². The van der Waals surface area contributed by atoms with Gasteiger partial charge in [0.15, 0.2) is 5.03 Å². The summed E-state index contributed by atoms with van der Waals surface area (Å²) in [4.78, 5) is 0. The molecule has 0 fully saturated rings. The van der Waals surface area contributed by atoms with Crippen molar-refractivity contribution in [1.82, 2.24) is 14.9 Å². The molecule has 0 aliphatic carbocycles. The quantitative estimate of drug-likeness (QED) is 0.877. The van der Waals surface area contributed by atoms with Crippen molar-refractivity contribution in [3.05, 3.63) is 41.0 Å². The molecule has 1 heterocycles. The molecular formula is C11H12ClN3O3S. The number of nitrogens with one attached hydrogen (secondary N) is 2. The number of nitrogens with zero attached hydrogens (tertiary/aromatic N) is 1. The molecule has 0 saturated carbocycles. The number of rotatable bonds is 5. The van der Waals surface area contributed by atoms with Gasteiger partial charge in [-0.2, -0.15) is 5.10 Å². The average Bonchev–Trinajstić information content (AvgIpc) is 2.91. The van der Waals surface area contributed by atoms with Crippen LogP contribution in [0.3, 0.4) is 0 Å². The molecule has 0 spiro atoms. The molecule has 0 radical (unpaired) electrons. The van der Waals surface area contributed by atoms with Crippen LogP contribution < -0.4 is 9.46 Å². The number of benzene rings is 1. The number of aromatic amines is 1. The number of sulfonamides is 1. The van der Waals surface area contributed by atoms with Crippen LogP contribution in [0.5, 0.6) is 5.75 Å². The van der Waals surface area contributed by atoms with E-state index in [1.165, 1.54) is 19.4 Å². The summed E-state index contributed by atoms with van der Waals surface area (Å²) in [6, 6.07) is 6.48. The molecule has 6 nitrogen and oxygen atoms in total. The van der Waals surface area contributed by atoms with Crippen molar-refractivity contribution < 1.29 is 13.2 Å². The van der Waals surface area contributed by atoms with E-state index in [0.717, 1.165) is 0 Å². The third-order valence-electron chi connectivity index (χ3n) is 2.50. The fourth-order valence-electron chi connectivity index (χ4n) is 1.54. The largest absolute Gasteiger partial charge is 0.496 e. The van der Waals surface area contributed by atoms with Crippen molar-refractivity contribution in [1.29, 1.82) is 0 Å². The molecule has 8 heteroatoms. The second-order valence-corrected chi connectivity index (χ2v) is 5.81. The molecule has 1 aromatic carbocycles. The summed E-state index contributed by atoms with van der Waals surface area (Å²) in [5.41, 5.74) is 0.578. The van der Waals surface area contributed by atoms with Gasteiger partial charge in [-0.05, 0) is 18.2 Å². The van der Waals surface area contributed by atoms with E-state index in [1.54, 1.807) is 18.2 Å². The van der Waals surface area contributed by atoms with E-state index in [4.69, 9.17) is 16.3 Å². The summed E-state index contributed by atoms with van der Waals surface area (Å²) in [7, 11) is -2.14. The maximum atomic E-state index is 11.9. The first kappa shape index (κ1) is 13.9. The zero-order chi connectivity index (χ0) is 13.9. The molecule has 0 atom stereocenters. The van der Waals surface area contributed by atoms with Crippen LogP contribution in [0.25, 0.3) is 0 Å². The van der Waals surface area contributed by atoms with Crippen molar-refractivity contribution in [2.75, 3.05) is 7.11 Å². The van der Waals surface area contributed by atoms with Crippen molar-refractivity contribution in [3.8, 4) is 5.75 Å². The first-order valence-electron chi connectivity index (χ1n) is 5.35. The number of hydrogen-bond acceptors (Lipinski definition) is 4. The SMILES string of the molecule is COc1cccc(Cl)c1CNS(=O)(=O)c1ccn[nH]1. The highest BCUT2D eigenvalue weighted by atomic mass is 35.5. The van der Waals surface area contributed by atoms with Crippen LogP contribution in [0, 0.1) is 0 Å². The zero-order valence-corrected chi connectivity index (χ0v) is 11.6. The van der Waals surface area contributed by atoms with Crippen molar-refractivity contribution in [2.45, 2.75) is 11.6 Å². The second kappa shape index (κ2) is 5.60. The minimum absolute atomic E-state index is 0.00137. The van der Waals surface area contributed by atoms with Crippen molar-refractivity contribution in [3.63, 3.8) is 0 Å². The zero-order valence-electron chi connectivity index (χ0n) is 10.1. The van der Waals surface area contributed by atoms with Gasteiger partial charge in [-0.3, -0.25) is 5.10 Å². The third kappa shape index (κ3) is 3.06. The van der Waals surface area contributed by atoms with Crippen LogP contribution in [-0.4, -0.2) is 25.7 Å². The lowest BCUT2D eigenvalue weighted by molar-refractivity contribution is 0.409. The summed E-state index contributed by atoms with van der Waals surface area (Å²) in [6.45, 7) is 0.0319. The van der Waals surface area contributed by atoms with Gasteiger partial charge in [0, 0.05) is 17.1 Å². The molecule has 19 heavy (non-hydrogen) atoms. The van der Waals surface area contributed by atoms with Gasteiger partial charge in [0.2, 0.25) is 0 Å². The topological polar surface area (TPSA) is 84.1 Å². The van der Waals surface area contributed by atoms with Crippen LogP contribution in [0.4, 0.5) is 0 Å². The molecule has 1 aromatic heterocycles. The Morgan fingerprint density at radius 2 is 2.21 bits per heavy atom. The highest BCUT2D eigenvalue weighted by molar-refractivity contribution is 7.89. The van der Waals surface area contributed by atoms with Gasteiger partial charge in [0.1, 0.15) is 5.75 Å². The predicted octanol–water partition coefficient (Wildman–Crippen LogP) is 1.55. The van der Waals surface area contributed by atoms with Crippen LogP contribution in [-0.2, 0) is 16.6 Å². The summed E-state index contributed by atoms with van der Waals surface area (Å²) in [5, 5.41) is 6.43. The first-order valence-corrected chi connectivity index (χ1v) is 7.21. The average molecular weight is 302 g/mol. The monoisotopic (exact) mass is 301 g/mol. The second-order valence-electron chi connectivity index (χ2n) is 3.67. The van der Waals surface area contributed by atoms with Gasteiger partial charge in [0.05, 0.1) is 13.3 Å². The number of hydrogen-bond donors (Lipinski definition) is 2. The van der Waals surface area contributed by atoms with Gasteiger partial charge in [-0.1, -0.05) is 17.7 Å². The van der Waals surface area contributed by atoms with E-state index < -0.39 is 10.0 Å². The van der Waals surface area contributed by atoms with E-state index in [2.05, 4.69) is 14.9 Å². The molecule has 0 bridgehead atoms. The Hall–Kier alpha value is -1.57. The molecule has 2 N–H and O–H groups in total. The van der Waals surface area contributed by atoms with E-state index in [0.29, 0.717) is 16.3 Å². The Kier molecular flexibility index (Phi) is 4.08. The molecule has 0 saturated heterocycles. The Morgan fingerprint density at radius 3 is 2.84 bits per heavy atom. The van der Waals surface area contributed by atoms with E-state index in [-0.39, 0.29) is 11.6 Å². The highest BCUT2D eigenvalue weighted by Gasteiger charge is 2.17. The Labute approximate surface area is 115 Å². The van der Waals surface area contributed by atoms with E-state index in [9.17, 15) is 8.42 Å². The van der Waals surface area contributed by atoms with Gasteiger partial charge in [0.25, 0.3) is 10.0 Å². The minimum Gasteiger partial charge on any atom is -0.496 e. The predicted molar refractivity (Wildman–Crippen MR) is 70.6 cm³/mol. The van der Waals surface area contributed by atoms with Gasteiger partial charge < -0.3 is 4.74 Å². The summed E-state index contributed by atoms with van der Waals surface area (Å²) in [6.07, 6.45) is 1.37. The van der Waals surface area contributed by atoms with Crippen LogP contribution in [0.15, 0.2) is 35.5 Å². The molecule has 2 aromatic rings. The number of halogens is 1. The Balaban J connectivity index is 2.20. The smallest absolute Gasteiger partial charge is 0.257 e. The number of H-pyrrole nitrogens is 1. The lowest BCUT2D eigenvalue weighted by atomic mass is 10.2. The maximum absolute atomic E-state index is 11.9.